The van der Waals surface area contributed by atoms with E-state index in [1.165, 1.54) is 0 Å². The first-order valence-corrected chi connectivity index (χ1v) is 6.22. The molecule has 1 aromatic heterocycles. The van der Waals surface area contributed by atoms with Crippen molar-refractivity contribution in [2.75, 3.05) is 26.8 Å². The first-order valence-electron chi connectivity index (χ1n) is 6.22. The van der Waals surface area contributed by atoms with Crippen molar-refractivity contribution < 1.29 is 9.53 Å². The minimum atomic E-state index is -0.385. The average Bonchev–Trinajstić information content (AvgIpc) is 2.90. The van der Waals surface area contributed by atoms with Gasteiger partial charge in [0.05, 0.1) is 18.2 Å². The van der Waals surface area contributed by atoms with Crippen LogP contribution in [0, 0.1) is 5.41 Å². The predicted octanol–water partition coefficient (Wildman–Crippen LogP) is 0.0421. The molecular formula is C12H20N4O2. The maximum absolute atomic E-state index is 12.4. The highest BCUT2D eigenvalue weighted by molar-refractivity contribution is 5.82. The second kappa shape index (κ2) is 5.97. The number of carbonyl (C=O) groups is 1. The van der Waals surface area contributed by atoms with Crippen molar-refractivity contribution in [3.05, 3.63) is 18.0 Å². The highest BCUT2D eigenvalue weighted by Gasteiger charge is 2.39. The van der Waals surface area contributed by atoms with Crippen molar-refractivity contribution in [3.63, 3.8) is 0 Å². The number of methoxy groups -OCH3 is 1. The SMILES string of the molecule is COCC1(C(=O)NCc2cn[nH]c2)CCNCC1. The van der Waals surface area contributed by atoms with Crippen LogP contribution in [0.1, 0.15) is 18.4 Å². The van der Waals surface area contributed by atoms with E-state index in [4.69, 9.17) is 4.74 Å². The zero-order valence-corrected chi connectivity index (χ0v) is 10.7. The van der Waals surface area contributed by atoms with Crippen LogP contribution in [-0.2, 0) is 16.1 Å². The van der Waals surface area contributed by atoms with Crippen molar-refractivity contribution >= 4 is 5.91 Å². The van der Waals surface area contributed by atoms with E-state index < -0.39 is 0 Å². The van der Waals surface area contributed by atoms with E-state index in [1.54, 1.807) is 19.5 Å². The number of hydrogen-bond acceptors (Lipinski definition) is 4. The van der Waals surface area contributed by atoms with Crippen LogP contribution in [0.5, 0.6) is 0 Å². The molecule has 18 heavy (non-hydrogen) atoms. The van der Waals surface area contributed by atoms with Crippen LogP contribution in [0.15, 0.2) is 12.4 Å². The Hall–Kier alpha value is -1.40. The number of rotatable bonds is 5. The first kappa shape index (κ1) is 13.0. The Kier molecular flexibility index (Phi) is 4.33. The number of amides is 1. The lowest BCUT2D eigenvalue weighted by Crippen LogP contribution is -2.49. The van der Waals surface area contributed by atoms with Crippen LogP contribution in [-0.4, -0.2) is 42.9 Å². The third kappa shape index (κ3) is 2.88. The number of ether oxygens (including phenoxy) is 1. The van der Waals surface area contributed by atoms with Crippen LogP contribution in [0.3, 0.4) is 0 Å². The van der Waals surface area contributed by atoms with Gasteiger partial charge in [0.2, 0.25) is 5.91 Å². The topological polar surface area (TPSA) is 79.0 Å². The highest BCUT2D eigenvalue weighted by atomic mass is 16.5. The monoisotopic (exact) mass is 252 g/mol. The van der Waals surface area contributed by atoms with Crippen molar-refractivity contribution in [2.45, 2.75) is 19.4 Å². The zero-order chi connectivity index (χ0) is 12.8. The van der Waals surface area contributed by atoms with Crippen molar-refractivity contribution in [3.8, 4) is 0 Å². The van der Waals surface area contributed by atoms with E-state index in [0.29, 0.717) is 13.2 Å². The molecule has 0 spiro atoms. The number of aromatic nitrogens is 2. The Morgan fingerprint density at radius 2 is 2.33 bits per heavy atom. The standard InChI is InChI=1S/C12H20N4O2/c1-18-9-12(2-4-13-5-3-12)11(17)14-6-10-7-15-16-8-10/h7-8,13H,2-6,9H2,1H3,(H,14,17)(H,15,16). The van der Waals surface area contributed by atoms with Gasteiger partial charge in [-0.3, -0.25) is 9.89 Å². The van der Waals surface area contributed by atoms with Gasteiger partial charge in [-0.1, -0.05) is 0 Å². The minimum Gasteiger partial charge on any atom is -0.384 e. The molecule has 1 fully saturated rings. The molecule has 1 aromatic rings. The summed E-state index contributed by atoms with van der Waals surface area (Å²) < 4.78 is 5.24. The van der Waals surface area contributed by atoms with Gasteiger partial charge in [0.1, 0.15) is 0 Å². The Balaban J connectivity index is 1.95. The summed E-state index contributed by atoms with van der Waals surface area (Å²) >= 11 is 0. The van der Waals surface area contributed by atoms with Gasteiger partial charge < -0.3 is 15.4 Å². The number of carbonyl (C=O) groups excluding carboxylic acids is 1. The Bertz CT molecular complexity index is 366. The van der Waals surface area contributed by atoms with Gasteiger partial charge in [0, 0.05) is 25.4 Å². The largest absolute Gasteiger partial charge is 0.384 e. The Morgan fingerprint density at radius 3 is 2.94 bits per heavy atom. The summed E-state index contributed by atoms with van der Waals surface area (Å²) in [6, 6.07) is 0. The van der Waals surface area contributed by atoms with Gasteiger partial charge in [0.15, 0.2) is 0 Å². The predicted molar refractivity (Wildman–Crippen MR) is 66.8 cm³/mol. The molecular weight excluding hydrogens is 232 g/mol. The fourth-order valence-electron chi connectivity index (χ4n) is 2.36. The molecule has 0 unspecified atom stereocenters. The highest BCUT2D eigenvalue weighted by Crippen LogP contribution is 2.29. The maximum atomic E-state index is 12.4. The molecule has 0 bridgehead atoms. The number of piperidine rings is 1. The molecule has 2 heterocycles. The lowest BCUT2D eigenvalue weighted by Gasteiger charge is -2.35. The number of H-pyrrole nitrogens is 1. The van der Waals surface area contributed by atoms with Gasteiger partial charge in [0.25, 0.3) is 0 Å². The summed E-state index contributed by atoms with van der Waals surface area (Å²) in [4.78, 5) is 12.4. The van der Waals surface area contributed by atoms with Gasteiger partial charge in [-0.2, -0.15) is 5.10 Å². The number of nitrogens with zero attached hydrogens (tertiary/aromatic N) is 1. The molecule has 3 N–H and O–H groups in total. The van der Waals surface area contributed by atoms with Crippen LogP contribution in [0.25, 0.3) is 0 Å². The fourth-order valence-corrected chi connectivity index (χ4v) is 2.36. The van der Waals surface area contributed by atoms with Crippen LogP contribution in [0.4, 0.5) is 0 Å². The molecule has 0 saturated carbocycles. The first-order chi connectivity index (χ1) is 8.77. The van der Waals surface area contributed by atoms with Gasteiger partial charge in [-0.15, -0.1) is 0 Å². The molecule has 6 heteroatoms. The minimum absolute atomic E-state index is 0.0760. The Morgan fingerprint density at radius 1 is 1.56 bits per heavy atom. The molecule has 100 valence electrons. The molecule has 0 aliphatic carbocycles. The second-order valence-electron chi connectivity index (χ2n) is 4.75. The van der Waals surface area contributed by atoms with E-state index in [0.717, 1.165) is 31.5 Å². The molecule has 1 saturated heterocycles. The Labute approximate surface area is 106 Å². The summed E-state index contributed by atoms with van der Waals surface area (Å²) in [6.45, 7) is 2.71. The number of nitrogens with one attached hydrogen (secondary N) is 3. The summed E-state index contributed by atoms with van der Waals surface area (Å²) in [6.07, 6.45) is 5.13. The molecule has 0 aromatic carbocycles. The van der Waals surface area contributed by atoms with Crippen molar-refractivity contribution in [1.82, 2.24) is 20.8 Å². The summed E-state index contributed by atoms with van der Waals surface area (Å²) in [7, 11) is 1.65. The number of aromatic amines is 1. The van der Waals surface area contributed by atoms with Crippen molar-refractivity contribution in [1.29, 1.82) is 0 Å². The molecule has 1 amide bonds. The van der Waals surface area contributed by atoms with Crippen LogP contribution < -0.4 is 10.6 Å². The quantitative estimate of drug-likeness (QED) is 0.691. The van der Waals surface area contributed by atoms with E-state index in [9.17, 15) is 4.79 Å². The second-order valence-corrected chi connectivity index (χ2v) is 4.75. The van der Waals surface area contributed by atoms with Gasteiger partial charge in [-0.25, -0.2) is 0 Å². The molecule has 2 rings (SSSR count). The van der Waals surface area contributed by atoms with E-state index in [-0.39, 0.29) is 11.3 Å². The molecule has 6 nitrogen and oxygen atoms in total. The number of hydrogen-bond donors (Lipinski definition) is 3. The van der Waals surface area contributed by atoms with E-state index in [1.807, 2.05) is 0 Å². The average molecular weight is 252 g/mol. The summed E-state index contributed by atoms with van der Waals surface area (Å²) in [5.41, 5.74) is 0.592. The molecule has 0 radical (unpaired) electrons. The summed E-state index contributed by atoms with van der Waals surface area (Å²) in [5.74, 6) is 0.0760. The molecule has 0 atom stereocenters. The summed E-state index contributed by atoms with van der Waals surface area (Å²) in [5, 5.41) is 12.8. The maximum Gasteiger partial charge on any atom is 0.228 e. The molecule has 1 aliphatic rings. The third-order valence-corrected chi connectivity index (χ3v) is 3.47. The van der Waals surface area contributed by atoms with Gasteiger partial charge in [-0.05, 0) is 25.9 Å². The fraction of sp³-hybridized carbons (Fsp3) is 0.667. The lowest BCUT2D eigenvalue weighted by molar-refractivity contribution is -0.136. The zero-order valence-electron chi connectivity index (χ0n) is 10.7. The lowest BCUT2D eigenvalue weighted by atomic mass is 9.78. The smallest absolute Gasteiger partial charge is 0.228 e. The van der Waals surface area contributed by atoms with Gasteiger partial charge >= 0.3 is 0 Å². The van der Waals surface area contributed by atoms with Crippen LogP contribution in [0.2, 0.25) is 0 Å². The van der Waals surface area contributed by atoms with E-state index >= 15 is 0 Å². The van der Waals surface area contributed by atoms with E-state index in [2.05, 4.69) is 20.8 Å². The third-order valence-electron chi connectivity index (χ3n) is 3.47. The van der Waals surface area contributed by atoms with Crippen LogP contribution >= 0.6 is 0 Å². The van der Waals surface area contributed by atoms with Crippen molar-refractivity contribution in [2.24, 2.45) is 5.41 Å². The molecule has 1 aliphatic heterocycles. The normalized spacial score (nSPS) is 18.5.